The fourth-order valence-corrected chi connectivity index (χ4v) is 8.83. The normalized spacial score (nSPS) is 11.2. The molecular formula is C60H42N2. The van der Waals surface area contributed by atoms with Crippen LogP contribution in [0.2, 0.25) is 0 Å². The average Bonchev–Trinajstić information content (AvgIpc) is 3.35. The van der Waals surface area contributed by atoms with Crippen LogP contribution in [0.3, 0.4) is 0 Å². The summed E-state index contributed by atoms with van der Waals surface area (Å²) < 4.78 is 0. The Kier molecular flexibility index (Phi) is 9.57. The van der Waals surface area contributed by atoms with Crippen LogP contribution in [0.5, 0.6) is 0 Å². The van der Waals surface area contributed by atoms with Crippen molar-refractivity contribution in [2.45, 2.75) is 0 Å². The second kappa shape index (κ2) is 16.1. The third-order valence-electron chi connectivity index (χ3n) is 12.0. The third kappa shape index (κ3) is 7.14. The molecule has 0 unspecified atom stereocenters. The Hall–Kier alpha value is -8.20. The molecule has 0 aliphatic heterocycles. The summed E-state index contributed by atoms with van der Waals surface area (Å²) in [6.07, 6.45) is 0. The first-order chi connectivity index (χ1) is 30.7. The minimum atomic E-state index is 1.10. The Morgan fingerprint density at radius 3 is 1.11 bits per heavy atom. The van der Waals surface area contributed by atoms with E-state index in [-0.39, 0.29) is 0 Å². The van der Waals surface area contributed by atoms with Gasteiger partial charge < -0.3 is 9.80 Å². The molecule has 0 radical (unpaired) electrons. The lowest BCUT2D eigenvalue weighted by Gasteiger charge is -2.27. The van der Waals surface area contributed by atoms with Gasteiger partial charge in [-0.25, -0.2) is 0 Å². The summed E-state index contributed by atoms with van der Waals surface area (Å²) in [5.74, 6) is 0. The van der Waals surface area contributed by atoms with Gasteiger partial charge in [-0.1, -0.05) is 182 Å². The van der Waals surface area contributed by atoms with Gasteiger partial charge >= 0.3 is 0 Å². The van der Waals surface area contributed by atoms with Crippen LogP contribution in [0.4, 0.5) is 34.1 Å². The summed E-state index contributed by atoms with van der Waals surface area (Å²) in [6.45, 7) is 0. The van der Waals surface area contributed by atoms with Crippen molar-refractivity contribution in [2.24, 2.45) is 0 Å². The van der Waals surface area contributed by atoms with Gasteiger partial charge in [0, 0.05) is 33.8 Å². The Morgan fingerprint density at radius 2 is 0.565 bits per heavy atom. The molecule has 0 bridgehead atoms. The fourth-order valence-electron chi connectivity index (χ4n) is 8.83. The molecule has 0 spiro atoms. The van der Waals surface area contributed by atoms with Gasteiger partial charge in [-0.3, -0.25) is 0 Å². The van der Waals surface area contributed by atoms with Crippen LogP contribution < -0.4 is 9.80 Å². The summed E-state index contributed by atoms with van der Waals surface area (Å²) >= 11 is 0. The maximum absolute atomic E-state index is 2.38. The minimum Gasteiger partial charge on any atom is -0.310 e. The standard InChI is InChI=1S/C60H42N2/c1-2-12-43(13-3-1)50-20-10-21-51(40-50)48-28-36-56(37-29-48)62(60-23-11-19-49-16-8-9-22-59(49)60)55-34-26-47(27-35-55)46-24-32-54(33-25-46)61(57-38-30-44-14-4-6-17-52(44)41-57)58-39-31-45-15-5-7-18-53(45)42-58/h1-42H. The van der Waals surface area contributed by atoms with E-state index < -0.39 is 0 Å². The molecule has 11 aromatic carbocycles. The maximum Gasteiger partial charge on any atom is 0.0540 e. The van der Waals surface area contributed by atoms with Gasteiger partial charge in [-0.2, -0.15) is 0 Å². The van der Waals surface area contributed by atoms with E-state index in [4.69, 9.17) is 0 Å². The first kappa shape index (κ1) is 36.8. The lowest BCUT2D eigenvalue weighted by atomic mass is 9.98. The largest absolute Gasteiger partial charge is 0.310 e. The van der Waals surface area contributed by atoms with Gasteiger partial charge in [0.25, 0.3) is 0 Å². The summed E-state index contributed by atoms with van der Waals surface area (Å²) in [6, 6.07) is 92.1. The highest BCUT2D eigenvalue weighted by Gasteiger charge is 2.17. The number of anilines is 6. The lowest BCUT2D eigenvalue weighted by molar-refractivity contribution is 1.29. The van der Waals surface area contributed by atoms with Crippen molar-refractivity contribution >= 4 is 66.4 Å². The monoisotopic (exact) mass is 790 g/mol. The second-order valence-corrected chi connectivity index (χ2v) is 15.8. The number of nitrogens with zero attached hydrogens (tertiary/aromatic N) is 2. The lowest BCUT2D eigenvalue weighted by Crippen LogP contribution is -2.10. The zero-order chi connectivity index (χ0) is 41.2. The molecule has 0 atom stereocenters. The molecule has 62 heavy (non-hydrogen) atoms. The van der Waals surface area contributed by atoms with E-state index in [9.17, 15) is 0 Å². The maximum atomic E-state index is 2.38. The van der Waals surface area contributed by atoms with Crippen molar-refractivity contribution in [3.63, 3.8) is 0 Å². The Labute approximate surface area is 362 Å². The highest BCUT2D eigenvalue weighted by atomic mass is 15.1. The number of benzene rings is 11. The minimum absolute atomic E-state index is 1.10. The number of hydrogen-bond donors (Lipinski definition) is 0. The molecule has 2 nitrogen and oxygen atoms in total. The molecule has 0 aromatic heterocycles. The molecule has 0 aliphatic carbocycles. The number of rotatable bonds is 9. The molecule has 0 fully saturated rings. The molecule has 0 aliphatic rings. The predicted molar refractivity (Wildman–Crippen MR) is 265 cm³/mol. The molecule has 11 aromatic rings. The molecule has 0 saturated carbocycles. The zero-order valence-corrected chi connectivity index (χ0v) is 34.1. The quantitative estimate of drug-likeness (QED) is 0.144. The van der Waals surface area contributed by atoms with Crippen molar-refractivity contribution in [1.82, 2.24) is 0 Å². The van der Waals surface area contributed by atoms with Crippen molar-refractivity contribution < 1.29 is 0 Å². The topological polar surface area (TPSA) is 6.48 Å². The van der Waals surface area contributed by atoms with E-state index >= 15 is 0 Å². The Balaban J connectivity index is 0.936. The summed E-state index contributed by atoms with van der Waals surface area (Å²) in [5.41, 5.74) is 13.8. The van der Waals surface area contributed by atoms with Gasteiger partial charge in [-0.15, -0.1) is 0 Å². The van der Waals surface area contributed by atoms with E-state index in [2.05, 4.69) is 265 Å². The van der Waals surface area contributed by atoms with Gasteiger partial charge in [0.15, 0.2) is 0 Å². The highest BCUT2D eigenvalue weighted by Crippen LogP contribution is 2.42. The van der Waals surface area contributed by atoms with Crippen LogP contribution >= 0.6 is 0 Å². The summed E-state index contributed by atoms with van der Waals surface area (Å²) in [5, 5.41) is 7.31. The summed E-state index contributed by atoms with van der Waals surface area (Å²) in [7, 11) is 0. The number of hydrogen-bond acceptors (Lipinski definition) is 2. The van der Waals surface area contributed by atoms with Crippen molar-refractivity contribution in [3.8, 4) is 33.4 Å². The molecule has 0 N–H and O–H groups in total. The van der Waals surface area contributed by atoms with E-state index in [1.807, 2.05) is 0 Å². The van der Waals surface area contributed by atoms with Crippen molar-refractivity contribution in [3.05, 3.63) is 255 Å². The van der Waals surface area contributed by atoms with Crippen LogP contribution in [0.1, 0.15) is 0 Å². The van der Waals surface area contributed by atoms with Gasteiger partial charge in [0.1, 0.15) is 0 Å². The molecule has 0 heterocycles. The van der Waals surface area contributed by atoms with Gasteiger partial charge in [0.2, 0.25) is 0 Å². The van der Waals surface area contributed by atoms with E-state index in [0.717, 1.165) is 45.3 Å². The van der Waals surface area contributed by atoms with Gasteiger partial charge in [-0.05, 0) is 133 Å². The molecule has 292 valence electrons. The fraction of sp³-hybridized carbons (Fsp3) is 0. The molecule has 0 amide bonds. The first-order valence-corrected chi connectivity index (χ1v) is 21.2. The molecule has 2 heteroatoms. The highest BCUT2D eigenvalue weighted by molar-refractivity contribution is 5.99. The van der Waals surface area contributed by atoms with Gasteiger partial charge in [0.05, 0.1) is 5.69 Å². The zero-order valence-electron chi connectivity index (χ0n) is 34.1. The van der Waals surface area contributed by atoms with Crippen LogP contribution in [-0.4, -0.2) is 0 Å². The SMILES string of the molecule is c1ccc(-c2cccc(-c3ccc(N(c4ccc(-c5ccc(N(c6ccc7ccccc7c6)c6ccc7ccccc7c6)cc5)cc4)c4cccc5ccccc45)cc3)c2)cc1. The van der Waals surface area contributed by atoms with E-state index in [1.165, 1.54) is 54.6 Å². The summed E-state index contributed by atoms with van der Waals surface area (Å²) in [4.78, 5) is 4.74. The first-order valence-electron chi connectivity index (χ1n) is 21.2. The molecule has 11 rings (SSSR count). The third-order valence-corrected chi connectivity index (χ3v) is 12.0. The smallest absolute Gasteiger partial charge is 0.0540 e. The molecular weight excluding hydrogens is 749 g/mol. The van der Waals surface area contributed by atoms with Crippen LogP contribution in [0.25, 0.3) is 65.7 Å². The Morgan fingerprint density at radius 1 is 0.194 bits per heavy atom. The van der Waals surface area contributed by atoms with E-state index in [0.29, 0.717) is 0 Å². The van der Waals surface area contributed by atoms with Crippen molar-refractivity contribution in [2.75, 3.05) is 9.80 Å². The Bertz CT molecular complexity index is 3250. The number of fused-ring (bicyclic) bond motifs is 3. The van der Waals surface area contributed by atoms with Crippen LogP contribution in [0, 0.1) is 0 Å². The van der Waals surface area contributed by atoms with Crippen LogP contribution in [-0.2, 0) is 0 Å². The van der Waals surface area contributed by atoms with Crippen LogP contribution in [0.15, 0.2) is 255 Å². The van der Waals surface area contributed by atoms with E-state index in [1.54, 1.807) is 0 Å². The average molecular weight is 791 g/mol. The van der Waals surface area contributed by atoms with Crippen molar-refractivity contribution in [1.29, 1.82) is 0 Å². The second-order valence-electron chi connectivity index (χ2n) is 15.8. The molecule has 0 saturated heterocycles. The predicted octanol–water partition coefficient (Wildman–Crippen LogP) is 17.1.